The van der Waals surface area contributed by atoms with Crippen LogP contribution in [0.3, 0.4) is 0 Å². The Kier molecular flexibility index (Phi) is 12.8. The van der Waals surface area contributed by atoms with E-state index in [1.165, 1.54) is 17.0 Å². The normalized spacial score (nSPS) is 11.8. The third kappa shape index (κ3) is 9.43. The van der Waals surface area contributed by atoms with Crippen LogP contribution in [0.4, 0.5) is 5.69 Å². The summed E-state index contributed by atoms with van der Waals surface area (Å²) < 4.78 is 36.6. The number of rotatable bonds is 15. The molecule has 4 rings (SSSR count). The molecule has 0 aliphatic carbocycles. The van der Waals surface area contributed by atoms with Gasteiger partial charge >= 0.3 is 0 Å². The van der Waals surface area contributed by atoms with Crippen LogP contribution in [0.5, 0.6) is 5.75 Å². The molecule has 0 spiro atoms. The van der Waals surface area contributed by atoms with Crippen molar-refractivity contribution in [1.82, 2.24) is 10.2 Å². The maximum atomic E-state index is 14.5. The van der Waals surface area contributed by atoms with E-state index < -0.39 is 28.5 Å². The molecule has 1 N–H and O–H groups in total. The molecule has 0 aromatic heterocycles. The van der Waals surface area contributed by atoms with Crippen molar-refractivity contribution < 1.29 is 22.7 Å². The van der Waals surface area contributed by atoms with Crippen LogP contribution >= 0.6 is 31.9 Å². The van der Waals surface area contributed by atoms with Crippen LogP contribution in [-0.2, 0) is 32.6 Å². The average molecular weight is 772 g/mol. The van der Waals surface area contributed by atoms with E-state index in [1.54, 1.807) is 36.4 Å². The number of sulfonamides is 1. The second-order valence-corrected chi connectivity index (χ2v) is 14.2. The number of ether oxygens (including phenoxy) is 1. The Morgan fingerprint density at radius 3 is 2.00 bits per heavy atom. The van der Waals surface area contributed by atoms with Crippen molar-refractivity contribution in [2.75, 3.05) is 24.0 Å². The summed E-state index contributed by atoms with van der Waals surface area (Å²) in [4.78, 5) is 29.8. The van der Waals surface area contributed by atoms with Gasteiger partial charge in [-0.25, -0.2) is 8.42 Å². The molecule has 46 heavy (non-hydrogen) atoms. The first-order valence-corrected chi connectivity index (χ1v) is 18.0. The van der Waals surface area contributed by atoms with E-state index in [0.29, 0.717) is 24.6 Å². The molecule has 11 heteroatoms. The Bertz CT molecular complexity index is 1690. The largest absolute Gasteiger partial charge is 0.494 e. The van der Waals surface area contributed by atoms with Crippen LogP contribution in [0.2, 0.25) is 0 Å². The SMILES string of the molecule is CCCNC(=O)[C@@H](Cc1ccccc1)N(Cc1ccc(Br)cc1)C(=O)CN(c1ccc(OCC)cc1)S(=O)(=O)c1ccc(Br)cc1. The van der Waals surface area contributed by atoms with Gasteiger partial charge in [-0.2, -0.15) is 0 Å². The molecule has 0 aliphatic rings. The zero-order valence-electron chi connectivity index (χ0n) is 25.7. The maximum Gasteiger partial charge on any atom is 0.264 e. The van der Waals surface area contributed by atoms with Crippen LogP contribution in [0, 0.1) is 0 Å². The van der Waals surface area contributed by atoms with Gasteiger partial charge in [0.2, 0.25) is 11.8 Å². The van der Waals surface area contributed by atoms with E-state index in [9.17, 15) is 18.0 Å². The molecule has 0 unspecified atom stereocenters. The molecule has 0 saturated carbocycles. The predicted molar refractivity (Wildman–Crippen MR) is 188 cm³/mol. The number of halogens is 2. The second-order valence-electron chi connectivity index (χ2n) is 10.5. The van der Waals surface area contributed by atoms with E-state index in [2.05, 4.69) is 37.2 Å². The van der Waals surface area contributed by atoms with Crippen LogP contribution in [0.1, 0.15) is 31.4 Å². The third-order valence-electron chi connectivity index (χ3n) is 7.20. The van der Waals surface area contributed by atoms with Crippen molar-refractivity contribution in [3.8, 4) is 5.75 Å². The van der Waals surface area contributed by atoms with Crippen LogP contribution < -0.4 is 14.4 Å². The lowest BCUT2D eigenvalue weighted by atomic mass is 10.0. The first kappa shape index (κ1) is 35.2. The van der Waals surface area contributed by atoms with E-state index in [0.717, 1.165) is 30.8 Å². The van der Waals surface area contributed by atoms with Crippen LogP contribution in [-0.4, -0.2) is 50.9 Å². The van der Waals surface area contributed by atoms with Gasteiger partial charge in [0.1, 0.15) is 18.3 Å². The van der Waals surface area contributed by atoms with Crippen LogP contribution in [0.25, 0.3) is 0 Å². The van der Waals surface area contributed by atoms with Crippen molar-refractivity contribution in [2.45, 2.75) is 44.2 Å². The quantitative estimate of drug-likeness (QED) is 0.141. The Labute approximate surface area is 288 Å². The lowest BCUT2D eigenvalue weighted by molar-refractivity contribution is -0.140. The summed E-state index contributed by atoms with van der Waals surface area (Å²) in [7, 11) is -4.20. The van der Waals surface area contributed by atoms with Gasteiger partial charge in [-0.15, -0.1) is 0 Å². The minimum absolute atomic E-state index is 0.0263. The second kappa shape index (κ2) is 16.8. The summed E-state index contributed by atoms with van der Waals surface area (Å²) in [5.41, 5.74) is 1.96. The monoisotopic (exact) mass is 769 g/mol. The summed E-state index contributed by atoms with van der Waals surface area (Å²) >= 11 is 6.82. The van der Waals surface area contributed by atoms with Crippen molar-refractivity contribution >= 4 is 59.4 Å². The van der Waals surface area contributed by atoms with Gasteiger partial charge in [-0.05, 0) is 85.1 Å². The van der Waals surface area contributed by atoms with Gasteiger partial charge < -0.3 is 15.0 Å². The number of nitrogens with zero attached hydrogens (tertiary/aromatic N) is 2. The average Bonchev–Trinajstić information content (AvgIpc) is 3.06. The van der Waals surface area contributed by atoms with Crippen molar-refractivity contribution in [1.29, 1.82) is 0 Å². The Hall–Kier alpha value is -3.67. The molecule has 2 amide bonds. The van der Waals surface area contributed by atoms with Gasteiger partial charge in [0.15, 0.2) is 0 Å². The number of benzene rings is 4. The number of hydrogen-bond acceptors (Lipinski definition) is 5. The third-order valence-corrected chi connectivity index (χ3v) is 10.0. The van der Waals surface area contributed by atoms with E-state index >= 15 is 0 Å². The number of carbonyl (C=O) groups is 2. The Morgan fingerprint density at radius 1 is 0.804 bits per heavy atom. The summed E-state index contributed by atoms with van der Waals surface area (Å²) in [5, 5.41) is 2.96. The van der Waals surface area contributed by atoms with E-state index in [-0.39, 0.29) is 23.8 Å². The van der Waals surface area contributed by atoms with Crippen LogP contribution in [0.15, 0.2) is 117 Å². The smallest absolute Gasteiger partial charge is 0.264 e. The highest BCUT2D eigenvalue weighted by Gasteiger charge is 2.34. The Morgan fingerprint density at radius 2 is 1.41 bits per heavy atom. The Balaban J connectivity index is 1.79. The maximum absolute atomic E-state index is 14.5. The van der Waals surface area contributed by atoms with Crippen molar-refractivity contribution in [2.24, 2.45) is 0 Å². The molecule has 4 aromatic rings. The zero-order valence-corrected chi connectivity index (χ0v) is 29.7. The number of nitrogens with one attached hydrogen (secondary N) is 1. The molecule has 4 aromatic carbocycles. The molecule has 0 radical (unpaired) electrons. The lowest BCUT2D eigenvalue weighted by Crippen LogP contribution is -2.53. The minimum Gasteiger partial charge on any atom is -0.494 e. The fraction of sp³-hybridized carbons (Fsp3) is 0.257. The number of amides is 2. The lowest BCUT2D eigenvalue weighted by Gasteiger charge is -2.34. The molecule has 242 valence electrons. The molecule has 8 nitrogen and oxygen atoms in total. The van der Waals surface area contributed by atoms with Crippen molar-refractivity contribution in [3.05, 3.63) is 123 Å². The molecule has 0 heterocycles. The molecule has 0 bridgehead atoms. The van der Waals surface area contributed by atoms with Gasteiger partial charge in [-0.3, -0.25) is 13.9 Å². The van der Waals surface area contributed by atoms with Gasteiger partial charge in [-0.1, -0.05) is 81.2 Å². The summed E-state index contributed by atoms with van der Waals surface area (Å²) in [5.74, 6) is -0.254. The molecule has 1 atom stereocenters. The highest BCUT2D eigenvalue weighted by atomic mass is 79.9. The zero-order chi connectivity index (χ0) is 33.1. The molecule has 0 aliphatic heterocycles. The summed E-state index contributed by atoms with van der Waals surface area (Å²) in [6.07, 6.45) is 0.975. The fourth-order valence-electron chi connectivity index (χ4n) is 4.84. The molecular formula is C35H37Br2N3O5S. The molecular weight excluding hydrogens is 734 g/mol. The van der Waals surface area contributed by atoms with Crippen molar-refractivity contribution in [3.63, 3.8) is 0 Å². The molecule has 0 saturated heterocycles. The highest BCUT2D eigenvalue weighted by Crippen LogP contribution is 2.28. The van der Waals surface area contributed by atoms with Gasteiger partial charge in [0.25, 0.3) is 10.0 Å². The predicted octanol–water partition coefficient (Wildman–Crippen LogP) is 6.97. The number of hydrogen-bond donors (Lipinski definition) is 1. The summed E-state index contributed by atoms with van der Waals surface area (Å²) in [6.45, 7) is 4.28. The fourth-order valence-corrected chi connectivity index (χ4v) is 6.79. The first-order chi connectivity index (χ1) is 22.1. The summed E-state index contributed by atoms with van der Waals surface area (Å²) in [6, 6.07) is 28.9. The van der Waals surface area contributed by atoms with E-state index in [4.69, 9.17) is 4.74 Å². The minimum atomic E-state index is -4.20. The number of anilines is 1. The topological polar surface area (TPSA) is 96.0 Å². The van der Waals surface area contributed by atoms with Gasteiger partial charge in [0.05, 0.1) is 17.2 Å². The van der Waals surface area contributed by atoms with Gasteiger partial charge in [0, 0.05) is 28.5 Å². The first-order valence-electron chi connectivity index (χ1n) is 15.0. The molecule has 0 fully saturated rings. The van der Waals surface area contributed by atoms with E-state index in [1.807, 2.05) is 68.4 Å². The highest BCUT2D eigenvalue weighted by molar-refractivity contribution is 9.10. The number of carbonyl (C=O) groups excluding carboxylic acids is 2. The standard InChI is InChI=1S/C35H37Br2N3O5S/c1-3-22-38-35(42)33(23-26-8-6-5-7-9-26)39(24-27-10-12-28(36)13-11-27)34(41)25-40(30-16-18-31(19-17-30)45-4-2)46(43,44)32-20-14-29(37)15-21-32/h5-21,33H,3-4,22-25H2,1-2H3,(H,38,42)/t33-/m1/s1.